The topological polar surface area (TPSA) is 57.5 Å². The molecule has 0 radical (unpaired) electrons. The maximum atomic E-state index is 11.5. The Hall–Kier alpha value is -0.670. The molecule has 0 bridgehead atoms. The highest BCUT2D eigenvalue weighted by atomic mass is 16.3. The van der Waals surface area contributed by atoms with Crippen LogP contribution in [0.4, 0.5) is 0 Å². The standard InChI is InChI=1S/C10H16O3/c1-6-4-9(12)7(5-8(6)11)10(2,3)13/h5-6,8,11,13H,4H2,1-3H3/t6-,8?/m1/s1. The van der Waals surface area contributed by atoms with Crippen molar-refractivity contribution in [2.75, 3.05) is 0 Å². The highest BCUT2D eigenvalue weighted by molar-refractivity contribution is 5.98. The minimum atomic E-state index is -1.14. The Kier molecular flexibility index (Phi) is 2.59. The van der Waals surface area contributed by atoms with E-state index in [2.05, 4.69) is 0 Å². The normalized spacial score (nSPS) is 30.2. The number of aliphatic hydroxyl groups is 2. The first-order valence-corrected chi connectivity index (χ1v) is 4.48. The van der Waals surface area contributed by atoms with Gasteiger partial charge in [0.2, 0.25) is 0 Å². The molecule has 1 unspecified atom stereocenters. The van der Waals surface area contributed by atoms with E-state index < -0.39 is 11.7 Å². The summed E-state index contributed by atoms with van der Waals surface area (Å²) < 4.78 is 0. The lowest BCUT2D eigenvalue weighted by Gasteiger charge is -2.28. The van der Waals surface area contributed by atoms with Crippen LogP contribution in [0, 0.1) is 5.92 Å². The molecule has 13 heavy (non-hydrogen) atoms. The lowest BCUT2D eigenvalue weighted by Crippen LogP contribution is -2.35. The number of ketones is 1. The highest BCUT2D eigenvalue weighted by Gasteiger charge is 2.32. The first kappa shape index (κ1) is 10.4. The average molecular weight is 184 g/mol. The van der Waals surface area contributed by atoms with Crippen molar-refractivity contribution in [3.8, 4) is 0 Å². The van der Waals surface area contributed by atoms with Gasteiger partial charge in [0.15, 0.2) is 5.78 Å². The van der Waals surface area contributed by atoms with Crippen molar-refractivity contribution in [2.45, 2.75) is 38.9 Å². The Bertz CT molecular complexity index is 247. The van der Waals surface area contributed by atoms with Crippen LogP contribution < -0.4 is 0 Å². The number of hydrogen-bond donors (Lipinski definition) is 2. The molecule has 0 aromatic rings. The molecule has 0 fully saturated rings. The lowest BCUT2D eigenvalue weighted by atomic mass is 9.81. The van der Waals surface area contributed by atoms with Crippen LogP contribution in [0.5, 0.6) is 0 Å². The molecule has 0 aliphatic heterocycles. The van der Waals surface area contributed by atoms with Crippen LogP contribution in [0.3, 0.4) is 0 Å². The first-order chi connectivity index (χ1) is 5.82. The third-order valence-corrected chi connectivity index (χ3v) is 2.39. The summed E-state index contributed by atoms with van der Waals surface area (Å²) in [4.78, 5) is 11.5. The summed E-state index contributed by atoms with van der Waals surface area (Å²) in [6, 6.07) is 0. The van der Waals surface area contributed by atoms with Gasteiger partial charge in [0, 0.05) is 12.0 Å². The fourth-order valence-electron chi connectivity index (χ4n) is 1.50. The molecule has 2 N–H and O–H groups in total. The predicted octanol–water partition coefficient (Wildman–Crippen LogP) is 0.653. The molecule has 0 spiro atoms. The van der Waals surface area contributed by atoms with Crippen molar-refractivity contribution in [1.29, 1.82) is 0 Å². The number of rotatable bonds is 1. The minimum absolute atomic E-state index is 0.0430. The fraction of sp³-hybridized carbons (Fsp3) is 0.700. The summed E-state index contributed by atoms with van der Waals surface area (Å²) in [5, 5.41) is 19.1. The van der Waals surface area contributed by atoms with E-state index in [0.29, 0.717) is 12.0 Å². The molecule has 2 atom stereocenters. The van der Waals surface area contributed by atoms with Gasteiger partial charge < -0.3 is 10.2 Å². The van der Waals surface area contributed by atoms with Gasteiger partial charge in [-0.2, -0.15) is 0 Å². The van der Waals surface area contributed by atoms with Crippen LogP contribution in [0.2, 0.25) is 0 Å². The van der Waals surface area contributed by atoms with E-state index in [9.17, 15) is 15.0 Å². The summed E-state index contributed by atoms with van der Waals surface area (Å²) in [6.07, 6.45) is 1.17. The van der Waals surface area contributed by atoms with Crippen LogP contribution in [-0.4, -0.2) is 27.7 Å². The summed E-state index contributed by atoms with van der Waals surface area (Å²) >= 11 is 0. The number of aliphatic hydroxyl groups excluding tert-OH is 1. The van der Waals surface area contributed by atoms with Gasteiger partial charge >= 0.3 is 0 Å². The summed E-state index contributed by atoms with van der Waals surface area (Å²) in [7, 11) is 0. The molecule has 0 aromatic heterocycles. The van der Waals surface area contributed by atoms with Crippen LogP contribution >= 0.6 is 0 Å². The van der Waals surface area contributed by atoms with E-state index >= 15 is 0 Å². The van der Waals surface area contributed by atoms with E-state index in [4.69, 9.17) is 0 Å². The molecule has 1 aliphatic carbocycles. The summed E-state index contributed by atoms with van der Waals surface area (Å²) in [5.74, 6) is -0.107. The van der Waals surface area contributed by atoms with Crippen LogP contribution in [0.15, 0.2) is 11.6 Å². The second-order valence-corrected chi connectivity index (χ2v) is 4.23. The second kappa shape index (κ2) is 3.24. The van der Waals surface area contributed by atoms with Crippen molar-refractivity contribution < 1.29 is 15.0 Å². The Morgan fingerprint density at radius 2 is 2.08 bits per heavy atom. The average Bonchev–Trinajstić information content (AvgIpc) is 1.94. The fourth-order valence-corrected chi connectivity index (χ4v) is 1.50. The monoisotopic (exact) mass is 184 g/mol. The third kappa shape index (κ3) is 2.17. The van der Waals surface area contributed by atoms with Crippen LogP contribution in [0.25, 0.3) is 0 Å². The molecule has 1 rings (SSSR count). The van der Waals surface area contributed by atoms with Gasteiger partial charge in [-0.3, -0.25) is 4.79 Å². The van der Waals surface area contributed by atoms with E-state index in [1.807, 2.05) is 6.92 Å². The van der Waals surface area contributed by atoms with Gasteiger partial charge in [0.25, 0.3) is 0 Å². The van der Waals surface area contributed by atoms with Gasteiger partial charge in [-0.15, -0.1) is 0 Å². The Morgan fingerprint density at radius 1 is 1.54 bits per heavy atom. The molecular formula is C10H16O3. The molecule has 0 aromatic carbocycles. The van der Waals surface area contributed by atoms with E-state index in [1.54, 1.807) is 13.8 Å². The van der Waals surface area contributed by atoms with Gasteiger partial charge in [-0.05, 0) is 25.8 Å². The van der Waals surface area contributed by atoms with Gasteiger partial charge in [0.05, 0.1) is 11.7 Å². The zero-order valence-electron chi connectivity index (χ0n) is 8.24. The third-order valence-electron chi connectivity index (χ3n) is 2.39. The number of carbonyl (C=O) groups is 1. The Balaban J connectivity index is 2.97. The molecular weight excluding hydrogens is 168 g/mol. The first-order valence-electron chi connectivity index (χ1n) is 4.48. The molecule has 0 saturated heterocycles. The van der Waals surface area contributed by atoms with E-state index in [-0.39, 0.29) is 11.7 Å². The SMILES string of the molecule is C[C@@H]1CC(=O)C(C(C)(C)O)=CC1O. The maximum absolute atomic E-state index is 11.5. The van der Waals surface area contributed by atoms with Crippen molar-refractivity contribution in [3.63, 3.8) is 0 Å². The second-order valence-electron chi connectivity index (χ2n) is 4.23. The predicted molar refractivity (Wildman–Crippen MR) is 49.2 cm³/mol. The van der Waals surface area contributed by atoms with Crippen LogP contribution in [0.1, 0.15) is 27.2 Å². The Labute approximate surface area is 78.1 Å². The zero-order valence-corrected chi connectivity index (χ0v) is 8.24. The molecule has 3 nitrogen and oxygen atoms in total. The molecule has 1 aliphatic rings. The van der Waals surface area contributed by atoms with Gasteiger partial charge in [-0.1, -0.05) is 6.92 Å². The molecule has 74 valence electrons. The van der Waals surface area contributed by atoms with Crippen molar-refractivity contribution in [3.05, 3.63) is 11.6 Å². The lowest BCUT2D eigenvalue weighted by molar-refractivity contribution is -0.119. The molecule has 0 saturated carbocycles. The summed E-state index contributed by atoms with van der Waals surface area (Å²) in [5.41, 5.74) is -0.809. The van der Waals surface area contributed by atoms with Crippen molar-refractivity contribution >= 4 is 5.78 Å². The van der Waals surface area contributed by atoms with Crippen molar-refractivity contribution in [1.82, 2.24) is 0 Å². The van der Waals surface area contributed by atoms with Gasteiger partial charge in [0.1, 0.15) is 0 Å². The molecule has 0 amide bonds. The number of Topliss-reactive ketones (excluding diaryl/α,β-unsaturated/α-hetero) is 1. The molecule has 0 heterocycles. The van der Waals surface area contributed by atoms with Gasteiger partial charge in [-0.25, -0.2) is 0 Å². The van der Waals surface area contributed by atoms with E-state index in [1.165, 1.54) is 6.08 Å². The van der Waals surface area contributed by atoms with E-state index in [0.717, 1.165) is 0 Å². The highest BCUT2D eigenvalue weighted by Crippen LogP contribution is 2.27. The quantitative estimate of drug-likeness (QED) is 0.629. The van der Waals surface area contributed by atoms with Crippen molar-refractivity contribution in [2.24, 2.45) is 5.92 Å². The zero-order chi connectivity index (χ0) is 10.2. The largest absolute Gasteiger partial charge is 0.389 e. The molecule has 3 heteroatoms. The number of hydrogen-bond acceptors (Lipinski definition) is 3. The Morgan fingerprint density at radius 3 is 2.54 bits per heavy atom. The number of carbonyl (C=O) groups excluding carboxylic acids is 1. The summed E-state index contributed by atoms with van der Waals surface area (Å²) in [6.45, 7) is 4.93. The minimum Gasteiger partial charge on any atom is -0.389 e. The smallest absolute Gasteiger partial charge is 0.161 e. The van der Waals surface area contributed by atoms with Crippen LogP contribution in [-0.2, 0) is 4.79 Å². The maximum Gasteiger partial charge on any atom is 0.161 e.